The molecule has 3 nitrogen and oxygen atoms in total. The highest BCUT2D eigenvalue weighted by atomic mass is 16.7. The molecule has 0 heterocycles. The molecule has 0 amide bonds. The Labute approximate surface area is 68.1 Å². The molecule has 66 valence electrons. The summed E-state index contributed by atoms with van der Waals surface area (Å²) in [4.78, 5) is 15.6. The summed E-state index contributed by atoms with van der Waals surface area (Å²) in [7, 11) is 0. The van der Waals surface area contributed by atoms with E-state index in [1.54, 1.807) is 0 Å². The Morgan fingerprint density at radius 2 is 1.91 bits per heavy atom. The second kappa shape index (κ2) is 5.13. The average molecular weight is 159 g/mol. The third-order valence-electron chi connectivity index (χ3n) is 0.983. The molecule has 0 saturated carbocycles. The zero-order chi connectivity index (χ0) is 8.85. The van der Waals surface area contributed by atoms with E-state index < -0.39 is 0 Å². The third-order valence-corrected chi connectivity index (χ3v) is 0.983. The lowest BCUT2D eigenvalue weighted by Crippen LogP contribution is -2.27. The zero-order valence-corrected chi connectivity index (χ0v) is 7.68. The molecule has 0 aromatic rings. The molecule has 0 atom stereocenters. The summed E-state index contributed by atoms with van der Waals surface area (Å²) < 4.78 is 0. The van der Waals surface area contributed by atoms with E-state index in [1.165, 1.54) is 0 Å². The van der Waals surface area contributed by atoms with Crippen LogP contribution in [-0.2, 0) is 9.63 Å². The van der Waals surface area contributed by atoms with Gasteiger partial charge in [-0.2, -0.15) is 5.48 Å². The van der Waals surface area contributed by atoms with Crippen molar-refractivity contribution < 1.29 is 9.63 Å². The Morgan fingerprint density at radius 3 is 2.27 bits per heavy atom. The molecule has 0 fully saturated rings. The van der Waals surface area contributed by atoms with Gasteiger partial charge in [-0.05, 0) is 19.8 Å². The van der Waals surface area contributed by atoms with Crippen LogP contribution in [0.2, 0.25) is 0 Å². The second-order valence-electron chi connectivity index (χ2n) is 3.34. The molecule has 0 radical (unpaired) electrons. The monoisotopic (exact) mass is 159 g/mol. The van der Waals surface area contributed by atoms with Crippen LogP contribution in [0.25, 0.3) is 0 Å². The van der Waals surface area contributed by atoms with Crippen molar-refractivity contribution in [3.8, 4) is 0 Å². The molecule has 0 spiro atoms. The van der Waals surface area contributed by atoms with Crippen molar-refractivity contribution in [2.24, 2.45) is 5.92 Å². The standard InChI is InChI=1S/C8H17NO2/c1-6(2)5-8(10)11-9-7(3)4/h6-7,9H,5H2,1-4H3. The van der Waals surface area contributed by atoms with Crippen molar-refractivity contribution in [3.05, 3.63) is 0 Å². The molecule has 0 aliphatic rings. The van der Waals surface area contributed by atoms with E-state index in [9.17, 15) is 4.79 Å². The maximum Gasteiger partial charge on any atom is 0.325 e. The van der Waals surface area contributed by atoms with Crippen LogP contribution < -0.4 is 5.48 Å². The molecular weight excluding hydrogens is 142 g/mol. The molecule has 0 aromatic carbocycles. The van der Waals surface area contributed by atoms with E-state index in [0.717, 1.165) is 0 Å². The first kappa shape index (κ1) is 10.4. The number of hydrogen-bond acceptors (Lipinski definition) is 3. The normalized spacial score (nSPS) is 10.7. The summed E-state index contributed by atoms with van der Waals surface area (Å²) in [5.74, 6) is 0.171. The molecule has 0 aliphatic carbocycles. The molecule has 3 heteroatoms. The Balaban J connectivity index is 3.38. The van der Waals surface area contributed by atoms with E-state index in [1.807, 2.05) is 27.7 Å². The van der Waals surface area contributed by atoms with Crippen LogP contribution >= 0.6 is 0 Å². The third kappa shape index (κ3) is 7.33. The highest BCUT2D eigenvalue weighted by Crippen LogP contribution is 1.99. The first-order chi connectivity index (χ1) is 5.02. The van der Waals surface area contributed by atoms with Crippen molar-refractivity contribution in [1.82, 2.24) is 5.48 Å². The Bertz CT molecular complexity index is 121. The summed E-state index contributed by atoms with van der Waals surface area (Å²) in [5.41, 5.74) is 2.60. The van der Waals surface area contributed by atoms with E-state index in [-0.39, 0.29) is 12.0 Å². The van der Waals surface area contributed by atoms with Gasteiger partial charge in [0.25, 0.3) is 0 Å². The molecule has 0 saturated heterocycles. The van der Waals surface area contributed by atoms with E-state index in [0.29, 0.717) is 12.3 Å². The van der Waals surface area contributed by atoms with Crippen LogP contribution in [-0.4, -0.2) is 12.0 Å². The highest BCUT2D eigenvalue weighted by Gasteiger charge is 2.06. The van der Waals surface area contributed by atoms with Crippen molar-refractivity contribution in [1.29, 1.82) is 0 Å². The molecular formula is C8H17NO2. The topological polar surface area (TPSA) is 38.3 Å². The smallest absolute Gasteiger partial charge is 0.325 e. The van der Waals surface area contributed by atoms with Gasteiger partial charge in [-0.1, -0.05) is 13.8 Å². The van der Waals surface area contributed by atoms with Gasteiger partial charge in [0.05, 0.1) is 0 Å². The summed E-state index contributed by atoms with van der Waals surface area (Å²) in [6, 6.07) is 0.186. The number of nitrogens with one attached hydrogen (secondary N) is 1. The second-order valence-corrected chi connectivity index (χ2v) is 3.34. The Hall–Kier alpha value is -0.570. The van der Waals surface area contributed by atoms with Crippen LogP contribution in [0.3, 0.4) is 0 Å². The van der Waals surface area contributed by atoms with E-state index in [4.69, 9.17) is 4.84 Å². The molecule has 0 unspecified atom stereocenters. The Morgan fingerprint density at radius 1 is 1.36 bits per heavy atom. The zero-order valence-electron chi connectivity index (χ0n) is 7.68. The predicted molar refractivity (Wildman–Crippen MR) is 43.8 cm³/mol. The minimum atomic E-state index is -0.186. The highest BCUT2D eigenvalue weighted by molar-refractivity contribution is 5.69. The van der Waals surface area contributed by atoms with Gasteiger partial charge in [0.1, 0.15) is 0 Å². The van der Waals surface area contributed by atoms with Crippen molar-refractivity contribution in [3.63, 3.8) is 0 Å². The molecule has 0 aliphatic heterocycles. The lowest BCUT2D eigenvalue weighted by Gasteiger charge is -2.08. The molecule has 0 bridgehead atoms. The minimum absolute atomic E-state index is 0.186. The lowest BCUT2D eigenvalue weighted by atomic mass is 10.1. The van der Waals surface area contributed by atoms with E-state index >= 15 is 0 Å². The van der Waals surface area contributed by atoms with Crippen LogP contribution in [0.15, 0.2) is 0 Å². The quantitative estimate of drug-likeness (QED) is 0.631. The summed E-state index contributed by atoms with van der Waals surface area (Å²) >= 11 is 0. The SMILES string of the molecule is CC(C)CC(=O)ONC(C)C. The molecule has 0 aromatic heterocycles. The number of hydrogen-bond donors (Lipinski definition) is 1. The minimum Gasteiger partial charge on any atom is -0.370 e. The van der Waals surface area contributed by atoms with Crippen LogP contribution in [0.5, 0.6) is 0 Å². The summed E-state index contributed by atoms with van der Waals surface area (Å²) in [6.45, 7) is 7.80. The van der Waals surface area contributed by atoms with E-state index in [2.05, 4.69) is 5.48 Å². The van der Waals surface area contributed by atoms with Crippen LogP contribution in [0, 0.1) is 5.92 Å². The van der Waals surface area contributed by atoms with Gasteiger partial charge in [-0.15, -0.1) is 0 Å². The van der Waals surface area contributed by atoms with Crippen LogP contribution in [0.1, 0.15) is 34.1 Å². The Kier molecular flexibility index (Phi) is 4.86. The number of rotatable bonds is 4. The van der Waals surface area contributed by atoms with Gasteiger partial charge in [0.2, 0.25) is 0 Å². The van der Waals surface area contributed by atoms with Crippen molar-refractivity contribution in [2.75, 3.05) is 0 Å². The molecule has 11 heavy (non-hydrogen) atoms. The molecule has 1 N–H and O–H groups in total. The first-order valence-corrected chi connectivity index (χ1v) is 3.97. The average Bonchev–Trinajstić information content (AvgIpc) is 1.82. The van der Waals surface area contributed by atoms with Gasteiger partial charge < -0.3 is 4.84 Å². The van der Waals surface area contributed by atoms with Gasteiger partial charge in [0, 0.05) is 12.5 Å². The van der Waals surface area contributed by atoms with Crippen molar-refractivity contribution in [2.45, 2.75) is 40.2 Å². The van der Waals surface area contributed by atoms with Crippen molar-refractivity contribution >= 4 is 5.97 Å². The predicted octanol–water partition coefficient (Wildman–Crippen LogP) is 1.49. The fraction of sp³-hybridized carbons (Fsp3) is 0.875. The molecule has 0 rings (SSSR count). The van der Waals surface area contributed by atoms with Crippen LogP contribution in [0.4, 0.5) is 0 Å². The van der Waals surface area contributed by atoms with Gasteiger partial charge in [-0.3, -0.25) is 4.79 Å². The van der Waals surface area contributed by atoms with Gasteiger partial charge >= 0.3 is 5.97 Å². The summed E-state index contributed by atoms with van der Waals surface area (Å²) in [6.07, 6.45) is 0.472. The fourth-order valence-corrected chi connectivity index (χ4v) is 0.559. The van der Waals surface area contributed by atoms with Gasteiger partial charge in [-0.25, -0.2) is 0 Å². The maximum atomic E-state index is 10.9. The maximum absolute atomic E-state index is 10.9. The number of hydroxylamine groups is 1. The van der Waals surface area contributed by atoms with Gasteiger partial charge in [0.15, 0.2) is 0 Å². The number of carbonyl (C=O) groups is 1. The lowest BCUT2D eigenvalue weighted by molar-refractivity contribution is -0.153. The fourth-order valence-electron chi connectivity index (χ4n) is 0.559. The number of carbonyl (C=O) groups excluding carboxylic acids is 1. The largest absolute Gasteiger partial charge is 0.370 e. The first-order valence-electron chi connectivity index (χ1n) is 3.97. The summed E-state index contributed by atoms with van der Waals surface area (Å²) in [5, 5.41) is 0.